The molecule has 1 heteroatoms. The summed E-state index contributed by atoms with van der Waals surface area (Å²) in [5.41, 5.74) is 11.1. The van der Waals surface area contributed by atoms with E-state index < -0.39 is 0 Å². The summed E-state index contributed by atoms with van der Waals surface area (Å²) >= 11 is 0. The lowest BCUT2D eigenvalue weighted by Crippen LogP contribution is -2.15. The van der Waals surface area contributed by atoms with Gasteiger partial charge in [0, 0.05) is 16.5 Å². The molecule has 1 fully saturated rings. The van der Waals surface area contributed by atoms with Crippen LogP contribution in [0.1, 0.15) is 84.9 Å². The molecule has 0 heterocycles. The van der Waals surface area contributed by atoms with Crippen LogP contribution in [-0.4, -0.2) is 5.71 Å². The van der Waals surface area contributed by atoms with Crippen LogP contribution in [0.3, 0.4) is 0 Å². The van der Waals surface area contributed by atoms with Crippen LogP contribution in [0.25, 0.3) is 0 Å². The molecular weight excluding hydrogens is 314 g/mol. The standard InChI is InChI=1S/C25H29N/c1-14(2)18-7-8-20-16(4)11-19-13-25(19,6)23-17(5)9-15(3)10-22(23)24(26)21(20)12-18/h7-12,14,16,26H,13H2,1-6H3/b19-11+,26-24?. The number of hydrogen-bond acceptors (Lipinski definition) is 1. The molecule has 2 aliphatic rings. The molecule has 0 bridgehead atoms. The molecule has 0 amide bonds. The summed E-state index contributed by atoms with van der Waals surface area (Å²) in [6.45, 7) is 13.4. The van der Waals surface area contributed by atoms with Crippen LogP contribution in [0.5, 0.6) is 0 Å². The predicted molar refractivity (Wildman–Crippen MR) is 111 cm³/mol. The van der Waals surface area contributed by atoms with Gasteiger partial charge < -0.3 is 0 Å². The van der Waals surface area contributed by atoms with Crippen LogP contribution < -0.4 is 0 Å². The Morgan fingerprint density at radius 1 is 1.08 bits per heavy atom. The lowest BCUT2D eigenvalue weighted by molar-refractivity contribution is 0.805. The van der Waals surface area contributed by atoms with E-state index in [9.17, 15) is 5.41 Å². The number of allylic oxidation sites excluding steroid dienone is 2. The van der Waals surface area contributed by atoms with Crippen molar-refractivity contribution in [2.24, 2.45) is 0 Å². The summed E-state index contributed by atoms with van der Waals surface area (Å²) in [7, 11) is 0. The first-order valence-corrected chi connectivity index (χ1v) is 9.78. The van der Waals surface area contributed by atoms with Crippen molar-refractivity contribution in [3.05, 3.63) is 80.9 Å². The van der Waals surface area contributed by atoms with Gasteiger partial charge in [-0.15, -0.1) is 0 Å². The summed E-state index contributed by atoms with van der Waals surface area (Å²) in [6, 6.07) is 11.3. The molecular formula is C25H29N. The normalized spacial score (nSPS) is 26.0. The van der Waals surface area contributed by atoms with Gasteiger partial charge in [0.05, 0.1) is 5.71 Å². The van der Waals surface area contributed by atoms with Gasteiger partial charge in [-0.2, -0.15) is 0 Å². The lowest BCUT2D eigenvalue weighted by Gasteiger charge is -2.21. The van der Waals surface area contributed by atoms with Gasteiger partial charge in [0.2, 0.25) is 0 Å². The summed E-state index contributed by atoms with van der Waals surface area (Å²) < 4.78 is 0. The van der Waals surface area contributed by atoms with Crippen LogP contribution in [-0.2, 0) is 5.41 Å². The zero-order valence-electron chi connectivity index (χ0n) is 16.8. The third kappa shape index (κ3) is 2.48. The monoisotopic (exact) mass is 343 g/mol. The quantitative estimate of drug-likeness (QED) is 0.568. The summed E-state index contributed by atoms with van der Waals surface area (Å²) in [5, 5.41) is 9.18. The van der Waals surface area contributed by atoms with Gasteiger partial charge in [0.15, 0.2) is 0 Å². The molecule has 4 rings (SSSR count). The van der Waals surface area contributed by atoms with Gasteiger partial charge in [0.25, 0.3) is 0 Å². The van der Waals surface area contributed by atoms with Crippen molar-refractivity contribution in [1.29, 1.82) is 5.41 Å². The Balaban J connectivity index is 2.04. The molecule has 1 N–H and O–H groups in total. The smallest absolute Gasteiger partial charge is 0.0690 e. The molecule has 2 unspecified atom stereocenters. The highest BCUT2D eigenvalue weighted by atomic mass is 14.5. The van der Waals surface area contributed by atoms with Gasteiger partial charge >= 0.3 is 0 Å². The maximum absolute atomic E-state index is 9.18. The van der Waals surface area contributed by atoms with Crippen LogP contribution in [0.2, 0.25) is 0 Å². The van der Waals surface area contributed by atoms with Crippen molar-refractivity contribution in [3.8, 4) is 0 Å². The molecule has 2 aliphatic carbocycles. The van der Waals surface area contributed by atoms with E-state index in [0.29, 0.717) is 17.5 Å². The maximum Gasteiger partial charge on any atom is 0.0690 e. The Morgan fingerprint density at radius 3 is 2.50 bits per heavy atom. The highest BCUT2D eigenvalue weighted by Gasteiger charge is 2.48. The Bertz CT molecular complexity index is 960. The third-order valence-electron chi connectivity index (χ3n) is 6.38. The summed E-state index contributed by atoms with van der Waals surface area (Å²) in [6.07, 6.45) is 3.58. The topological polar surface area (TPSA) is 23.9 Å². The third-order valence-corrected chi connectivity index (χ3v) is 6.38. The Morgan fingerprint density at radius 2 is 1.81 bits per heavy atom. The molecule has 2 aromatic carbocycles. The molecule has 0 aromatic heterocycles. The van der Waals surface area contributed by atoms with Gasteiger partial charge in [-0.1, -0.05) is 63.1 Å². The summed E-state index contributed by atoms with van der Waals surface area (Å²) in [5.74, 6) is 0.818. The largest absolute Gasteiger partial charge is 0.300 e. The molecule has 26 heavy (non-hydrogen) atoms. The van der Waals surface area contributed by atoms with Gasteiger partial charge in [-0.05, 0) is 66.5 Å². The molecule has 1 nitrogen and oxygen atoms in total. The number of aryl methyl sites for hydroxylation is 2. The van der Waals surface area contributed by atoms with Crippen LogP contribution in [0.4, 0.5) is 0 Å². The van der Waals surface area contributed by atoms with Crippen LogP contribution in [0.15, 0.2) is 42.0 Å². The number of rotatable bonds is 1. The predicted octanol–water partition coefficient (Wildman–Crippen LogP) is 6.55. The number of hydrogen-bond donors (Lipinski definition) is 1. The first kappa shape index (κ1) is 17.3. The minimum absolute atomic E-state index is 0.108. The molecule has 0 spiro atoms. The first-order valence-electron chi connectivity index (χ1n) is 9.78. The second kappa shape index (κ2) is 5.67. The van der Waals surface area contributed by atoms with Crippen molar-refractivity contribution in [1.82, 2.24) is 0 Å². The zero-order chi connectivity index (χ0) is 18.8. The minimum atomic E-state index is 0.108. The second-order valence-electron chi connectivity index (χ2n) is 8.87. The Kier molecular flexibility index (Phi) is 3.77. The zero-order valence-corrected chi connectivity index (χ0v) is 16.8. The van der Waals surface area contributed by atoms with E-state index in [4.69, 9.17) is 0 Å². The summed E-state index contributed by atoms with van der Waals surface area (Å²) in [4.78, 5) is 0. The molecule has 0 saturated heterocycles. The maximum atomic E-state index is 9.18. The van der Waals surface area contributed by atoms with E-state index in [1.165, 1.54) is 33.4 Å². The fourth-order valence-corrected chi connectivity index (χ4v) is 4.81. The average Bonchev–Trinajstić information content (AvgIpc) is 3.21. The highest BCUT2D eigenvalue weighted by Crippen LogP contribution is 2.57. The second-order valence-corrected chi connectivity index (χ2v) is 8.87. The number of fused-ring (bicyclic) bond motifs is 4. The van der Waals surface area contributed by atoms with E-state index in [1.807, 2.05) is 0 Å². The average molecular weight is 344 g/mol. The van der Waals surface area contributed by atoms with Crippen LogP contribution >= 0.6 is 0 Å². The van der Waals surface area contributed by atoms with Gasteiger partial charge in [-0.25, -0.2) is 0 Å². The molecule has 2 atom stereocenters. The number of benzene rings is 2. The molecule has 2 aromatic rings. The molecule has 0 aliphatic heterocycles. The van der Waals surface area contributed by atoms with E-state index >= 15 is 0 Å². The van der Waals surface area contributed by atoms with Crippen molar-refractivity contribution in [3.63, 3.8) is 0 Å². The van der Waals surface area contributed by atoms with Crippen molar-refractivity contribution in [2.75, 3.05) is 0 Å². The van der Waals surface area contributed by atoms with Crippen molar-refractivity contribution >= 4 is 5.71 Å². The van der Waals surface area contributed by atoms with Gasteiger partial charge in [-0.3, -0.25) is 5.41 Å². The fraction of sp³-hybridized carbons (Fsp3) is 0.400. The van der Waals surface area contributed by atoms with Gasteiger partial charge in [0.1, 0.15) is 0 Å². The van der Waals surface area contributed by atoms with E-state index in [0.717, 1.165) is 17.5 Å². The Hall–Kier alpha value is -2.15. The lowest BCUT2D eigenvalue weighted by atomic mass is 9.82. The number of nitrogens with one attached hydrogen (secondary N) is 1. The Labute approximate surface area is 157 Å². The van der Waals surface area contributed by atoms with E-state index in [-0.39, 0.29) is 5.41 Å². The molecule has 0 radical (unpaired) electrons. The molecule has 134 valence electrons. The minimum Gasteiger partial charge on any atom is -0.300 e. The van der Waals surface area contributed by atoms with E-state index in [2.05, 4.69) is 78.0 Å². The van der Waals surface area contributed by atoms with Crippen LogP contribution in [0, 0.1) is 19.3 Å². The highest BCUT2D eigenvalue weighted by molar-refractivity contribution is 6.13. The molecule has 1 saturated carbocycles. The first-order chi connectivity index (χ1) is 12.2. The van der Waals surface area contributed by atoms with Crippen molar-refractivity contribution in [2.45, 2.75) is 65.2 Å². The fourth-order valence-electron chi connectivity index (χ4n) is 4.81. The SMILES string of the molecule is Cc1cc(C)c2c(c1)C(=N)c1cc(C(C)C)ccc1C(C)/C=C1\CC12C. The van der Waals surface area contributed by atoms with Crippen molar-refractivity contribution < 1.29 is 0 Å². The van der Waals surface area contributed by atoms with E-state index in [1.54, 1.807) is 0 Å².